The molecule has 2 aliphatic heterocycles. The third-order valence-corrected chi connectivity index (χ3v) is 20.9. The molecule has 0 unspecified atom stereocenters. The molecule has 10 bridgehead atoms. The van der Waals surface area contributed by atoms with Crippen LogP contribution in [0.3, 0.4) is 0 Å². The number of aliphatic carboxylic acids is 1. The number of nitrogens with one attached hydrogen (secondary N) is 3. The van der Waals surface area contributed by atoms with Crippen molar-refractivity contribution in [1.29, 1.82) is 0 Å². The van der Waals surface area contributed by atoms with Crippen molar-refractivity contribution in [2.75, 3.05) is 13.1 Å². The van der Waals surface area contributed by atoms with Gasteiger partial charge in [0.05, 0.1) is 47.1 Å². The molecule has 0 radical (unpaired) electrons. The van der Waals surface area contributed by atoms with Crippen LogP contribution < -0.4 is 21.7 Å². The summed E-state index contributed by atoms with van der Waals surface area (Å²) in [4.78, 5) is 131. The van der Waals surface area contributed by atoms with Gasteiger partial charge in [-0.05, 0) is 55.2 Å². The number of unbranched alkanes of at least 4 members (excludes halogenated alkanes) is 2. The van der Waals surface area contributed by atoms with Gasteiger partial charge in [-0.15, -0.1) is 68.0 Å². The molecule has 2 aromatic carbocycles. The Bertz CT molecular complexity index is 4160. The van der Waals surface area contributed by atoms with Gasteiger partial charge in [-0.2, -0.15) is 0 Å². The van der Waals surface area contributed by atoms with Gasteiger partial charge in [-0.25, -0.2) is 39.7 Å². The van der Waals surface area contributed by atoms with E-state index in [-0.39, 0.29) is 71.7 Å². The average molecular weight is 1340 g/mol. The quantitative estimate of drug-likeness (QED) is 0.0443. The van der Waals surface area contributed by atoms with Gasteiger partial charge in [-0.1, -0.05) is 55.8 Å². The molecule has 1 fully saturated rings. The van der Waals surface area contributed by atoms with E-state index >= 15 is 4.79 Å². The fraction of sp³-hybridized carbons (Fsp3) is 0.311. The normalized spacial score (nSPS) is 19.1. The number of alkyl carbamates (subject to hydrolysis) is 1. The van der Waals surface area contributed by atoms with Gasteiger partial charge in [0.25, 0.3) is 11.8 Å². The summed E-state index contributed by atoms with van der Waals surface area (Å²) < 4.78 is 5.42. The number of nitrogens with two attached hydrogens (primary N) is 1. The van der Waals surface area contributed by atoms with E-state index in [1.165, 1.54) is 56.4 Å². The van der Waals surface area contributed by atoms with Gasteiger partial charge in [0.2, 0.25) is 11.8 Å². The second-order valence-corrected chi connectivity index (χ2v) is 27.3. The Hall–Kier alpha value is -8.62. The number of aryl methyl sites for hydroxylation is 1. The van der Waals surface area contributed by atoms with Crippen LogP contribution >= 0.6 is 68.0 Å². The van der Waals surface area contributed by atoms with Crippen LogP contribution in [0.1, 0.15) is 138 Å². The summed E-state index contributed by atoms with van der Waals surface area (Å²) in [7, 11) is 0. The maximum atomic E-state index is 15.2. The number of primary amides is 1. The Morgan fingerprint density at radius 3 is 2.16 bits per heavy atom. The third-order valence-electron chi connectivity index (χ3n) is 15.2. The third kappa shape index (κ3) is 14.9. The highest BCUT2D eigenvalue weighted by molar-refractivity contribution is 7.15. The Labute approximate surface area is 543 Å². The lowest BCUT2D eigenvalue weighted by Gasteiger charge is -2.29. The second kappa shape index (κ2) is 28.3. The molecule has 5 amide bonds. The van der Waals surface area contributed by atoms with Crippen LogP contribution in [0, 0.1) is 12.8 Å². The summed E-state index contributed by atoms with van der Waals surface area (Å²) in [5, 5.41) is 61.7. The monoisotopic (exact) mass is 1340 g/mol. The minimum absolute atomic E-state index is 0.00240. The lowest BCUT2D eigenvalue weighted by molar-refractivity contribution is -0.137. The zero-order valence-corrected chi connectivity index (χ0v) is 53.4. The summed E-state index contributed by atoms with van der Waals surface area (Å²) in [6.45, 7) is 3.57. The highest BCUT2D eigenvalue weighted by atomic mass is 32.1. The molecule has 9 heterocycles. The number of phenols is 1. The van der Waals surface area contributed by atoms with E-state index in [1.807, 2.05) is 6.92 Å². The minimum Gasteiger partial charge on any atom is -0.508 e. The molecule has 91 heavy (non-hydrogen) atoms. The number of rotatable bonds is 15. The number of aromatic hydroxyl groups is 1. The zero-order chi connectivity index (χ0) is 64.0. The van der Waals surface area contributed by atoms with Crippen molar-refractivity contribution in [2.45, 2.75) is 102 Å². The number of carbonyl (C=O) groups is 7. The van der Waals surface area contributed by atoms with E-state index < -0.39 is 83.6 Å². The van der Waals surface area contributed by atoms with Gasteiger partial charge >= 0.3 is 12.1 Å². The summed E-state index contributed by atoms with van der Waals surface area (Å²) in [5.74, 6) is -5.61. The van der Waals surface area contributed by atoms with Crippen LogP contribution in [0.4, 0.5) is 4.79 Å². The molecule has 2 aliphatic rings. The highest BCUT2D eigenvalue weighted by Crippen LogP contribution is 2.43. The van der Waals surface area contributed by atoms with Crippen molar-refractivity contribution in [2.24, 2.45) is 11.7 Å². The number of aliphatic hydroxyl groups is 2. The van der Waals surface area contributed by atoms with Crippen LogP contribution in [-0.2, 0) is 32.1 Å². The predicted octanol–water partition coefficient (Wildman–Crippen LogP) is 9.05. The standard InChI is InChI=1S/C61H58N12O12S6/c1-29-45(76)22-73-50(29)59-71-43(28-90-59)57-68-40(25-89-57)49-35(16-17-37(65-49)56-64-33(24-86-56)23-85-61(84)63-18-8-4-7-11-47(78)79)54-69-41(26-87-54)52(81)66-38(21-46(62)77)58-72-48(30(2)91-58)44(75)20-36(51(80)32-9-5-3-6-10-32)55-70-42(27-88-55)53(82)67-39(60(73)83)19-31-12-14-34(74)15-13-31/h3,5-6,9-10,12-17,24-29,36,38-39,45,50-51,74,76,80H,4,7-8,11,18-23H2,1-2H3,(H2,62,77)(H,63,84)(H,66,81)(H,67,82)(H,78,79)/t29-,36-,38-,39-,45-,50-,51+/m0/s1. The van der Waals surface area contributed by atoms with Gasteiger partial charge in [0.1, 0.15) is 77.6 Å². The summed E-state index contributed by atoms with van der Waals surface area (Å²) >= 11 is 7.09. The first kappa shape index (κ1) is 63.9. The van der Waals surface area contributed by atoms with Crippen LogP contribution in [-0.4, -0.2) is 127 Å². The summed E-state index contributed by atoms with van der Waals surface area (Å²) in [6.07, 6.45) is -1.92. The Morgan fingerprint density at radius 1 is 0.725 bits per heavy atom. The maximum Gasteiger partial charge on any atom is 0.407 e. The number of hydrogen-bond acceptors (Lipinski definition) is 24. The number of hydrogen-bond donors (Lipinski definition) is 8. The van der Waals surface area contributed by atoms with Crippen molar-refractivity contribution < 1.29 is 58.7 Å². The number of Topliss-reactive ketones (excluding diaryl/α,β-unsaturated/α-hetero) is 1. The van der Waals surface area contributed by atoms with Crippen LogP contribution in [0.15, 0.2) is 93.6 Å². The van der Waals surface area contributed by atoms with Gasteiger partial charge < -0.3 is 51.7 Å². The topological polar surface area (TPSA) is 365 Å². The van der Waals surface area contributed by atoms with E-state index in [1.54, 1.807) is 83.0 Å². The number of aliphatic hydroxyl groups excluding tert-OH is 2. The minimum atomic E-state index is -1.31. The number of nitrogens with zero attached hydrogens (tertiary/aromatic N) is 8. The first-order valence-electron chi connectivity index (χ1n) is 28.6. The second-order valence-electron chi connectivity index (χ2n) is 21.7. The lowest BCUT2D eigenvalue weighted by atomic mass is 9.90. The molecular formula is C61H58N12O12S6. The molecule has 9 N–H and O–H groups in total. The molecule has 30 heteroatoms. The smallest absolute Gasteiger partial charge is 0.407 e. The molecule has 1 saturated heterocycles. The van der Waals surface area contributed by atoms with Crippen LogP contribution in [0.5, 0.6) is 5.75 Å². The number of benzene rings is 2. The van der Waals surface area contributed by atoms with Gasteiger partial charge in [0, 0.05) is 81.5 Å². The number of carboxylic acids is 1. The number of amides is 5. The fourth-order valence-electron chi connectivity index (χ4n) is 10.5. The number of aromatic nitrogens is 7. The number of pyridine rings is 1. The first-order valence-corrected chi connectivity index (χ1v) is 33.9. The van der Waals surface area contributed by atoms with E-state index in [0.717, 1.165) is 34.0 Å². The van der Waals surface area contributed by atoms with Crippen molar-refractivity contribution >= 4 is 109 Å². The zero-order valence-electron chi connectivity index (χ0n) is 48.5. The molecular weight excluding hydrogens is 1290 g/mol. The Balaban J connectivity index is 0.961. The molecule has 7 aromatic heterocycles. The molecule has 11 rings (SSSR count). The van der Waals surface area contributed by atoms with E-state index in [2.05, 4.69) is 20.9 Å². The van der Waals surface area contributed by atoms with Crippen molar-refractivity contribution in [1.82, 2.24) is 55.7 Å². The average Bonchev–Trinajstić information content (AvgIpc) is 1.93. The lowest BCUT2D eigenvalue weighted by Crippen LogP contribution is -2.50. The predicted molar refractivity (Wildman–Crippen MR) is 342 cm³/mol. The van der Waals surface area contributed by atoms with E-state index in [0.29, 0.717) is 95.9 Å². The number of thiazole rings is 6. The molecule has 0 spiro atoms. The van der Waals surface area contributed by atoms with E-state index in [4.69, 9.17) is 45.5 Å². The first-order chi connectivity index (χ1) is 43.8. The van der Waals surface area contributed by atoms with Crippen molar-refractivity contribution in [3.63, 3.8) is 0 Å². The van der Waals surface area contributed by atoms with Crippen LogP contribution in [0.25, 0.3) is 43.4 Å². The number of carboxylic acid groups (broad SMARTS) is 1. The largest absolute Gasteiger partial charge is 0.508 e. The molecule has 7 atom stereocenters. The van der Waals surface area contributed by atoms with Crippen molar-refractivity contribution in [3.8, 4) is 49.1 Å². The highest BCUT2D eigenvalue weighted by Gasteiger charge is 2.45. The Morgan fingerprint density at radius 2 is 1.40 bits per heavy atom. The van der Waals surface area contributed by atoms with Gasteiger partial charge in [-0.3, -0.25) is 28.8 Å². The number of ether oxygens (including phenoxy) is 1. The summed E-state index contributed by atoms with van der Waals surface area (Å²) in [5.41, 5.74) is 9.37. The van der Waals surface area contributed by atoms with Crippen LogP contribution in [0.2, 0.25) is 0 Å². The Kier molecular flexibility index (Phi) is 19.9. The molecule has 0 saturated carbocycles. The van der Waals surface area contributed by atoms with E-state index in [9.17, 15) is 44.1 Å². The number of carbonyl (C=O) groups excluding carboxylic acids is 6. The molecule has 24 nitrogen and oxygen atoms in total. The summed E-state index contributed by atoms with van der Waals surface area (Å²) in [6, 6.07) is 15.3. The number of fused-ring (bicyclic) bond motifs is 16. The van der Waals surface area contributed by atoms with Gasteiger partial charge in [0.15, 0.2) is 5.78 Å². The molecule has 0 aliphatic carbocycles. The molecule has 470 valence electrons. The molecule has 9 aromatic rings. The van der Waals surface area contributed by atoms with Crippen molar-refractivity contribution in [3.05, 3.63) is 147 Å². The SMILES string of the molecule is Cc1sc2nc1C(=O)C[C@@H]([C@H](O)c1ccccc1)c1nc(cs1)C(=O)N[C@@H](Cc1ccc(O)cc1)C(=O)N1C[C@H](O)[C@H](C)[C@H]1c1nc(cs1)-c1nc(cs1)-c1nc(-c3nc(COC(=O)NCCCCCC(=O)O)cs3)ccc1-c1nc(cs1)C(=O)N[C@H]2CC(N)=O. The maximum absolute atomic E-state index is 15.2. The number of phenolic OH excluding ortho intramolecular Hbond substituents is 1. The number of ketones is 1. The fourth-order valence-corrected chi connectivity index (χ4v) is 15.9.